The number of aliphatic hydroxyl groups is 1. The van der Waals surface area contributed by atoms with Gasteiger partial charge < -0.3 is 10.4 Å². The van der Waals surface area contributed by atoms with E-state index in [1.54, 1.807) is 0 Å². The lowest BCUT2D eigenvalue weighted by Crippen LogP contribution is -2.25. The molecule has 1 amide bonds. The second-order valence-electron chi connectivity index (χ2n) is 4.38. The van der Waals surface area contributed by atoms with Gasteiger partial charge in [0.25, 0.3) is 5.91 Å². The molecule has 1 rings (SSSR count). The third-order valence-electron chi connectivity index (χ3n) is 2.34. The summed E-state index contributed by atoms with van der Waals surface area (Å²) < 4.78 is 0. The maximum Gasteiger partial charge on any atom is 0.262 e. The van der Waals surface area contributed by atoms with Crippen LogP contribution in [0.25, 0.3) is 0 Å². The molecule has 1 aromatic heterocycles. The summed E-state index contributed by atoms with van der Waals surface area (Å²) >= 11 is 1.40. The molecular weight excluding hydrogens is 246 g/mol. The number of hydrogen-bond acceptors (Lipinski definition) is 3. The summed E-state index contributed by atoms with van der Waals surface area (Å²) in [5.41, 5.74) is 0.746. The number of aliphatic hydroxyl groups excluding tert-OH is 1. The molecule has 0 spiro atoms. The topological polar surface area (TPSA) is 49.3 Å². The van der Waals surface area contributed by atoms with Gasteiger partial charge in [0, 0.05) is 18.5 Å². The average Bonchev–Trinajstić information content (AvgIpc) is 2.77. The highest BCUT2D eigenvalue weighted by molar-refractivity contribution is 7.12. The largest absolute Gasteiger partial charge is 0.395 e. The molecule has 0 atom stereocenters. The summed E-state index contributed by atoms with van der Waals surface area (Å²) in [7, 11) is 0. The SMILES string of the molecule is CC(C)CCNC(=O)c1sccc1C#CCCO. The van der Waals surface area contributed by atoms with Crippen LogP contribution in [-0.4, -0.2) is 24.2 Å². The molecule has 1 aromatic rings. The maximum absolute atomic E-state index is 11.9. The van der Waals surface area contributed by atoms with Crippen molar-refractivity contribution in [1.29, 1.82) is 0 Å². The Labute approximate surface area is 112 Å². The second-order valence-corrected chi connectivity index (χ2v) is 5.29. The van der Waals surface area contributed by atoms with E-state index >= 15 is 0 Å². The zero-order chi connectivity index (χ0) is 13.4. The fourth-order valence-corrected chi connectivity index (χ4v) is 2.12. The molecule has 0 aromatic carbocycles. The summed E-state index contributed by atoms with van der Waals surface area (Å²) in [6.45, 7) is 5.00. The van der Waals surface area contributed by atoms with E-state index < -0.39 is 0 Å². The Hall–Kier alpha value is -1.31. The highest BCUT2D eigenvalue weighted by Crippen LogP contribution is 2.15. The van der Waals surface area contributed by atoms with E-state index in [1.165, 1.54) is 11.3 Å². The van der Waals surface area contributed by atoms with Gasteiger partial charge >= 0.3 is 0 Å². The molecule has 0 radical (unpaired) electrons. The van der Waals surface area contributed by atoms with Crippen LogP contribution in [0.15, 0.2) is 11.4 Å². The zero-order valence-electron chi connectivity index (χ0n) is 10.8. The smallest absolute Gasteiger partial charge is 0.262 e. The second kappa shape index (κ2) is 7.91. The number of carbonyl (C=O) groups is 1. The normalized spacial score (nSPS) is 10.0. The fourth-order valence-electron chi connectivity index (χ4n) is 1.35. The van der Waals surface area contributed by atoms with Gasteiger partial charge in [0.05, 0.1) is 6.61 Å². The van der Waals surface area contributed by atoms with Gasteiger partial charge in [-0.15, -0.1) is 11.3 Å². The molecule has 0 fully saturated rings. The van der Waals surface area contributed by atoms with E-state index in [9.17, 15) is 4.79 Å². The first-order chi connectivity index (χ1) is 8.65. The van der Waals surface area contributed by atoms with E-state index in [2.05, 4.69) is 31.0 Å². The Morgan fingerprint density at radius 2 is 2.33 bits per heavy atom. The molecule has 0 saturated carbocycles. The summed E-state index contributed by atoms with van der Waals surface area (Å²) in [5, 5.41) is 13.4. The van der Waals surface area contributed by atoms with Gasteiger partial charge in [0.15, 0.2) is 0 Å². The third-order valence-corrected chi connectivity index (χ3v) is 3.25. The summed E-state index contributed by atoms with van der Waals surface area (Å²) in [6, 6.07) is 1.84. The van der Waals surface area contributed by atoms with Crippen molar-refractivity contribution >= 4 is 17.2 Å². The Kier molecular flexibility index (Phi) is 6.48. The van der Waals surface area contributed by atoms with E-state index in [-0.39, 0.29) is 12.5 Å². The molecule has 18 heavy (non-hydrogen) atoms. The molecule has 0 aliphatic heterocycles. The molecule has 2 N–H and O–H groups in total. The van der Waals surface area contributed by atoms with Crippen LogP contribution in [0.4, 0.5) is 0 Å². The van der Waals surface area contributed by atoms with Gasteiger partial charge in [-0.2, -0.15) is 0 Å². The number of thiophene rings is 1. The van der Waals surface area contributed by atoms with E-state index in [0.29, 0.717) is 23.8 Å². The molecule has 4 heteroatoms. The fraction of sp³-hybridized carbons (Fsp3) is 0.500. The number of carbonyl (C=O) groups excluding carboxylic acids is 1. The van der Waals surface area contributed by atoms with Gasteiger partial charge in [-0.3, -0.25) is 4.79 Å². The molecule has 3 nitrogen and oxygen atoms in total. The molecule has 0 unspecified atom stereocenters. The van der Waals surface area contributed by atoms with Crippen LogP contribution in [0.2, 0.25) is 0 Å². The molecule has 0 saturated heterocycles. The average molecular weight is 265 g/mol. The van der Waals surface area contributed by atoms with Crippen molar-refractivity contribution in [3.8, 4) is 11.8 Å². The van der Waals surface area contributed by atoms with Crippen molar-refractivity contribution in [3.63, 3.8) is 0 Å². The predicted molar refractivity (Wildman–Crippen MR) is 74.7 cm³/mol. The Morgan fingerprint density at radius 1 is 1.56 bits per heavy atom. The van der Waals surface area contributed by atoms with Crippen LogP contribution in [0.5, 0.6) is 0 Å². The molecule has 98 valence electrons. The van der Waals surface area contributed by atoms with Crippen molar-refractivity contribution in [1.82, 2.24) is 5.32 Å². The molecule has 0 aliphatic rings. The minimum absolute atomic E-state index is 0.0487. The summed E-state index contributed by atoms with van der Waals surface area (Å²) in [4.78, 5) is 12.6. The van der Waals surface area contributed by atoms with E-state index in [0.717, 1.165) is 12.0 Å². The number of hydrogen-bond donors (Lipinski definition) is 2. The predicted octanol–water partition coefficient (Wildman–Crippen LogP) is 2.26. The first-order valence-corrected chi connectivity index (χ1v) is 6.98. The lowest BCUT2D eigenvalue weighted by Gasteiger charge is -2.06. The van der Waals surface area contributed by atoms with Gasteiger partial charge in [0.2, 0.25) is 0 Å². The van der Waals surface area contributed by atoms with Crippen LogP contribution in [0, 0.1) is 17.8 Å². The first kappa shape index (κ1) is 14.7. The minimum Gasteiger partial charge on any atom is -0.395 e. The van der Waals surface area contributed by atoms with Crippen LogP contribution in [-0.2, 0) is 0 Å². The Balaban J connectivity index is 2.58. The highest BCUT2D eigenvalue weighted by atomic mass is 32.1. The van der Waals surface area contributed by atoms with Crippen molar-refractivity contribution in [2.75, 3.05) is 13.2 Å². The van der Waals surface area contributed by atoms with Crippen molar-refractivity contribution in [2.24, 2.45) is 5.92 Å². The van der Waals surface area contributed by atoms with Crippen LogP contribution < -0.4 is 5.32 Å². The Bertz CT molecular complexity index is 440. The highest BCUT2D eigenvalue weighted by Gasteiger charge is 2.11. The number of rotatable bonds is 5. The monoisotopic (exact) mass is 265 g/mol. The molecular formula is C14H19NO2S. The maximum atomic E-state index is 11.9. The van der Waals surface area contributed by atoms with E-state index in [4.69, 9.17) is 5.11 Å². The first-order valence-electron chi connectivity index (χ1n) is 6.10. The van der Waals surface area contributed by atoms with Gasteiger partial charge in [-0.25, -0.2) is 0 Å². The standard InChI is InChI=1S/C14H19NO2S/c1-11(2)6-8-15-14(17)13-12(7-10-18-13)5-3-4-9-16/h7,10-11,16H,4,6,8-9H2,1-2H3,(H,15,17). The molecule has 1 heterocycles. The zero-order valence-corrected chi connectivity index (χ0v) is 11.6. The van der Waals surface area contributed by atoms with Crippen molar-refractivity contribution in [2.45, 2.75) is 26.7 Å². The van der Waals surface area contributed by atoms with Gasteiger partial charge in [0.1, 0.15) is 4.88 Å². The van der Waals surface area contributed by atoms with Crippen LogP contribution in [0.3, 0.4) is 0 Å². The number of nitrogens with one attached hydrogen (secondary N) is 1. The molecule has 0 aliphatic carbocycles. The van der Waals surface area contributed by atoms with Crippen LogP contribution >= 0.6 is 11.3 Å². The van der Waals surface area contributed by atoms with Gasteiger partial charge in [-0.1, -0.05) is 25.7 Å². The number of amides is 1. The lowest BCUT2D eigenvalue weighted by atomic mass is 10.1. The quantitative estimate of drug-likeness (QED) is 0.802. The molecule has 0 bridgehead atoms. The van der Waals surface area contributed by atoms with Crippen LogP contribution in [0.1, 0.15) is 41.9 Å². The van der Waals surface area contributed by atoms with Crippen molar-refractivity contribution in [3.05, 3.63) is 21.9 Å². The van der Waals surface area contributed by atoms with E-state index in [1.807, 2.05) is 11.4 Å². The minimum atomic E-state index is -0.0565. The lowest BCUT2D eigenvalue weighted by molar-refractivity contribution is 0.0956. The third kappa shape index (κ3) is 4.91. The van der Waals surface area contributed by atoms with Crippen molar-refractivity contribution < 1.29 is 9.90 Å². The Morgan fingerprint density at radius 3 is 3.00 bits per heavy atom. The summed E-state index contributed by atoms with van der Waals surface area (Å²) in [5.74, 6) is 6.27. The summed E-state index contributed by atoms with van der Waals surface area (Å²) in [6.07, 6.45) is 1.41. The van der Waals surface area contributed by atoms with Gasteiger partial charge in [-0.05, 0) is 23.8 Å².